The lowest BCUT2D eigenvalue weighted by atomic mass is 9.99. The minimum Gasteiger partial charge on any atom is -0.449 e. The third-order valence-corrected chi connectivity index (χ3v) is 7.87. The zero-order valence-electron chi connectivity index (χ0n) is 28.6. The quantitative estimate of drug-likeness (QED) is 0.0772. The molecule has 0 spiro atoms. The van der Waals surface area contributed by atoms with E-state index in [1.807, 2.05) is 20.8 Å². The summed E-state index contributed by atoms with van der Waals surface area (Å²) in [7, 11) is -5.12. The lowest BCUT2D eigenvalue weighted by Gasteiger charge is -2.26. The highest BCUT2D eigenvalue weighted by atomic mass is 32.2. The number of hydrogen-bond acceptors (Lipinski definition) is 11. The zero-order valence-corrected chi connectivity index (χ0v) is 29.4. The smallest absolute Gasteiger partial charge is 0.407 e. The molecule has 0 fully saturated rings. The van der Waals surface area contributed by atoms with Gasteiger partial charge in [-0.2, -0.15) is 8.42 Å². The Labute approximate surface area is 289 Å². The van der Waals surface area contributed by atoms with Crippen molar-refractivity contribution in [3.63, 3.8) is 0 Å². The summed E-state index contributed by atoms with van der Waals surface area (Å²) in [5.74, 6) is -5.19. The summed E-state index contributed by atoms with van der Waals surface area (Å²) in [6, 6.07) is 3.75. The fourth-order valence-corrected chi connectivity index (χ4v) is 4.71. The topological polar surface area (TPSA) is 256 Å². The zero-order chi connectivity index (χ0) is 37.8. The van der Waals surface area contributed by atoms with Crippen LogP contribution in [0.3, 0.4) is 0 Å². The monoisotopic (exact) mass is 724 g/mol. The molecule has 0 aromatic heterocycles. The van der Waals surface area contributed by atoms with E-state index < -0.39 is 81.6 Å². The van der Waals surface area contributed by atoms with Gasteiger partial charge in [0.15, 0.2) is 5.25 Å². The third-order valence-electron chi connectivity index (χ3n) is 6.79. The van der Waals surface area contributed by atoms with E-state index in [2.05, 4.69) is 26.6 Å². The normalized spacial score (nSPS) is 14.8. The standard InChI is InChI=1S/C31H44N6O12S/c1-18(2)25(36-27(41)22(50(45,46)47)15-37-23(38)11-12-24(37)39)28(42)34-19(3)26(40)35-21-9-7-20(8-10-21)16-48-29(43)32-13-14-33-30(44)49-17-31(4,5)6/h7-12,18-19,22,25H,13-17H2,1-6H3,(H,32,43)(H,33,44)(H,34,42)(H,35,40)(H,36,41)(H,45,46,47)/t19-,22?,25-/m0/s1. The number of nitrogens with zero attached hydrogens (tertiary/aromatic N) is 1. The van der Waals surface area contributed by atoms with Gasteiger partial charge in [0.2, 0.25) is 17.7 Å². The van der Waals surface area contributed by atoms with Crippen molar-refractivity contribution in [3.8, 4) is 0 Å². The average Bonchev–Trinajstić information content (AvgIpc) is 3.33. The molecule has 18 nitrogen and oxygen atoms in total. The molecule has 1 aromatic rings. The van der Waals surface area contributed by atoms with Crippen LogP contribution in [0.1, 0.15) is 47.1 Å². The molecule has 276 valence electrons. The van der Waals surface area contributed by atoms with Gasteiger partial charge < -0.3 is 36.1 Å². The molecule has 2 rings (SSSR count). The summed E-state index contributed by atoms with van der Waals surface area (Å²) in [6.45, 7) is 9.63. The number of hydrogen-bond donors (Lipinski definition) is 6. The van der Waals surface area contributed by atoms with Crippen molar-refractivity contribution in [1.82, 2.24) is 26.2 Å². The van der Waals surface area contributed by atoms with E-state index in [0.717, 1.165) is 12.2 Å². The lowest BCUT2D eigenvalue weighted by molar-refractivity contribution is -0.137. The Morgan fingerprint density at radius 3 is 1.86 bits per heavy atom. The Hall–Kier alpha value is -5.04. The summed E-state index contributed by atoms with van der Waals surface area (Å²) in [5.41, 5.74) is 0.766. The molecule has 7 amide bonds. The Morgan fingerprint density at radius 2 is 1.36 bits per heavy atom. The van der Waals surface area contributed by atoms with E-state index in [9.17, 15) is 46.5 Å². The fraction of sp³-hybridized carbons (Fsp3) is 0.516. The number of imide groups is 1. The molecule has 6 N–H and O–H groups in total. The van der Waals surface area contributed by atoms with Gasteiger partial charge in [-0.05, 0) is 36.0 Å². The highest BCUT2D eigenvalue weighted by molar-refractivity contribution is 7.87. The molecule has 1 unspecified atom stereocenters. The first-order valence-electron chi connectivity index (χ1n) is 15.5. The van der Waals surface area contributed by atoms with Gasteiger partial charge in [0, 0.05) is 30.9 Å². The maximum Gasteiger partial charge on any atom is 0.407 e. The molecule has 0 saturated carbocycles. The number of alkyl carbamates (subject to hydrolysis) is 2. The highest BCUT2D eigenvalue weighted by Gasteiger charge is 2.39. The second kappa shape index (κ2) is 18.1. The van der Waals surface area contributed by atoms with Crippen LogP contribution in [0.4, 0.5) is 15.3 Å². The predicted molar refractivity (Wildman–Crippen MR) is 178 cm³/mol. The summed E-state index contributed by atoms with van der Waals surface area (Å²) in [4.78, 5) is 86.5. The van der Waals surface area contributed by atoms with Crippen molar-refractivity contribution >= 4 is 57.5 Å². The van der Waals surface area contributed by atoms with E-state index in [0.29, 0.717) is 16.2 Å². The number of benzene rings is 1. The number of ether oxygens (including phenoxy) is 2. The maximum absolute atomic E-state index is 13.0. The van der Waals surface area contributed by atoms with Crippen molar-refractivity contribution in [3.05, 3.63) is 42.0 Å². The molecule has 50 heavy (non-hydrogen) atoms. The Bertz CT molecular complexity index is 1550. The second-order valence-electron chi connectivity index (χ2n) is 12.8. The SMILES string of the molecule is CC(C)[C@H](NC(=O)C(CN1C(=O)C=CC1=O)S(=O)(=O)O)C(=O)N[C@@H](C)C(=O)Nc1ccc(COC(=O)NCCNC(=O)OCC(C)(C)C)cc1. The van der Waals surface area contributed by atoms with Gasteiger partial charge in [-0.1, -0.05) is 46.8 Å². The van der Waals surface area contributed by atoms with Gasteiger partial charge in [-0.3, -0.25) is 33.4 Å². The van der Waals surface area contributed by atoms with Crippen LogP contribution < -0.4 is 26.6 Å². The van der Waals surface area contributed by atoms with Gasteiger partial charge in [-0.25, -0.2) is 9.59 Å². The fourth-order valence-electron chi connectivity index (χ4n) is 4.04. The molecular weight excluding hydrogens is 680 g/mol. The van der Waals surface area contributed by atoms with Crippen molar-refractivity contribution in [2.45, 2.75) is 65.5 Å². The van der Waals surface area contributed by atoms with Crippen LogP contribution in [0.25, 0.3) is 0 Å². The first-order valence-corrected chi connectivity index (χ1v) is 17.0. The summed E-state index contributed by atoms with van der Waals surface area (Å²) < 4.78 is 43.7. The molecule has 0 aliphatic carbocycles. The number of anilines is 1. The van der Waals surface area contributed by atoms with Gasteiger partial charge in [-0.15, -0.1) is 0 Å². The van der Waals surface area contributed by atoms with Gasteiger partial charge in [0.1, 0.15) is 18.7 Å². The average molecular weight is 725 g/mol. The van der Waals surface area contributed by atoms with Crippen molar-refractivity contribution in [2.24, 2.45) is 11.3 Å². The number of carbonyl (C=O) groups excluding carboxylic acids is 7. The van der Waals surface area contributed by atoms with Gasteiger partial charge >= 0.3 is 12.2 Å². The Balaban J connectivity index is 1.84. The summed E-state index contributed by atoms with van der Waals surface area (Å²) in [5, 5.41) is 9.98. The van der Waals surface area contributed by atoms with E-state index in [1.165, 1.54) is 32.9 Å². The van der Waals surface area contributed by atoms with Crippen molar-refractivity contribution in [1.29, 1.82) is 0 Å². The number of amides is 7. The largest absolute Gasteiger partial charge is 0.449 e. The van der Waals surface area contributed by atoms with Crippen molar-refractivity contribution < 1.29 is 56.0 Å². The van der Waals surface area contributed by atoms with E-state index in [-0.39, 0.29) is 31.7 Å². The second-order valence-corrected chi connectivity index (χ2v) is 14.4. The molecular formula is C31H44N6O12S. The minimum absolute atomic E-state index is 0.0874. The minimum atomic E-state index is -5.12. The molecule has 1 aromatic carbocycles. The predicted octanol–water partition coefficient (Wildman–Crippen LogP) is 0.451. The van der Waals surface area contributed by atoms with Crippen LogP contribution in [-0.4, -0.2) is 103 Å². The van der Waals surface area contributed by atoms with Crippen LogP contribution >= 0.6 is 0 Å². The molecule has 0 bridgehead atoms. The van der Waals surface area contributed by atoms with Crippen molar-refractivity contribution in [2.75, 3.05) is 31.6 Å². The first kappa shape index (κ1) is 41.1. The van der Waals surface area contributed by atoms with E-state index in [4.69, 9.17) is 9.47 Å². The van der Waals surface area contributed by atoms with Gasteiger partial charge in [0.25, 0.3) is 21.9 Å². The summed E-state index contributed by atoms with van der Waals surface area (Å²) >= 11 is 0. The van der Waals surface area contributed by atoms with Crippen LogP contribution in [0, 0.1) is 11.3 Å². The van der Waals surface area contributed by atoms with Crippen LogP contribution in [0.5, 0.6) is 0 Å². The third kappa shape index (κ3) is 13.8. The molecule has 0 saturated heterocycles. The Kier molecular flexibility index (Phi) is 14.9. The maximum atomic E-state index is 13.0. The Morgan fingerprint density at radius 1 is 0.820 bits per heavy atom. The van der Waals surface area contributed by atoms with Crippen LogP contribution in [0.15, 0.2) is 36.4 Å². The van der Waals surface area contributed by atoms with Gasteiger partial charge in [0.05, 0.1) is 13.2 Å². The molecule has 0 radical (unpaired) electrons. The molecule has 1 heterocycles. The van der Waals surface area contributed by atoms with Crippen LogP contribution in [-0.2, 0) is 50.2 Å². The number of rotatable bonds is 16. The summed E-state index contributed by atoms with van der Waals surface area (Å²) in [6.07, 6.45) is 0.445. The first-order chi connectivity index (χ1) is 23.2. The molecule has 1 aliphatic rings. The van der Waals surface area contributed by atoms with Crippen LogP contribution in [0.2, 0.25) is 0 Å². The van der Waals surface area contributed by atoms with E-state index in [1.54, 1.807) is 12.1 Å². The lowest BCUT2D eigenvalue weighted by Crippen LogP contribution is -2.57. The number of carbonyl (C=O) groups is 7. The highest BCUT2D eigenvalue weighted by Crippen LogP contribution is 2.14. The van der Waals surface area contributed by atoms with E-state index >= 15 is 0 Å². The molecule has 3 atom stereocenters. The molecule has 1 aliphatic heterocycles. The number of nitrogens with one attached hydrogen (secondary N) is 5. The molecule has 19 heteroatoms.